The summed E-state index contributed by atoms with van der Waals surface area (Å²) in [6.45, 7) is 1.60. The molecule has 0 spiro atoms. The standard InChI is InChI=1S/C14H18F3NO2S/c1-2-20-13(19)12-10(14(15,16)17)8-11(18-12)21-9-6-4-3-5-7-9/h8-9,18H,2-7H2,1H3. The number of carbonyl (C=O) groups excluding carboxylic acids is 1. The van der Waals surface area contributed by atoms with E-state index in [4.69, 9.17) is 0 Å². The fraction of sp³-hybridized carbons (Fsp3) is 0.643. The summed E-state index contributed by atoms with van der Waals surface area (Å²) in [6.07, 6.45) is 0.831. The van der Waals surface area contributed by atoms with Gasteiger partial charge in [0.2, 0.25) is 0 Å². The van der Waals surface area contributed by atoms with Gasteiger partial charge in [0.05, 0.1) is 17.2 Å². The zero-order valence-electron chi connectivity index (χ0n) is 11.8. The molecule has 1 N–H and O–H groups in total. The smallest absolute Gasteiger partial charge is 0.418 e. The van der Waals surface area contributed by atoms with Crippen LogP contribution in [-0.2, 0) is 10.9 Å². The number of esters is 1. The van der Waals surface area contributed by atoms with E-state index < -0.39 is 23.4 Å². The molecule has 118 valence electrons. The van der Waals surface area contributed by atoms with Gasteiger partial charge in [0, 0.05) is 5.25 Å². The topological polar surface area (TPSA) is 42.1 Å². The third-order valence-electron chi connectivity index (χ3n) is 3.42. The highest BCUT2D eigenvalue weighted by Crippen LogP contribution is 2.38. The van der Waals surface area contributed by atoms with E-state index in [9.17, 15) is 18.0 Å². The van der Waals surface area contributed by atoms with E-state index in [0.717, 1.165) is 31.7 Å². The summed E-state index contributed by atoms with van der Waals surface area (Å²) in [5.74, 6) is -0.958. The van der Waals surface area contributed by atoms with Crippen molar-refractivity contribution in [2.24, 2.45) is 0 Å². The van der Waals surface area contributed by atoms with Crippen LogP contribution in [0.5, 0.6) is 0 Å². The summed E-state index contributed by atoms with van der Waals surface area (Å²) in [4.78, 5) is 14.2. The molecule has 1 aromatic heterocycles. The van der Waals surface area contributed by atoms with Crippen LogP contribution in [0, 0.1) is 0 Å². The molecule has 1 aliphatic carbocycles. The summed E-state index contributed by atoms with van der Waals surface area (Å²) >= 11 is 1.39. The number of aromatic amines is 1. The zero-order chi connectivity index (χ0) is 15.5. The maximum absolute atomic E-state index is 13.0. The van der Waals surface area contributed by atoms with Crippen LogP contribution in [0.3, 0.4) is 0 Å². The van der Waals surface area contributed by atoms with Crippen molar-refractivity contribution < 1.29 is 22.7 Å². The molecule has 1 heterocycles. The molecule has 0 amide bonds. The number of nitrogens with one attached hydrogen (secondary N) is 1. The van der Waals surface area contributed by atoms with Gasteiger partial charge in [-0.3, -0.25) is 0 Å². The summed E-state index contributed by atoms with van der Waals surface area (Å²) in [7, 11) is 0. The molecule has 0 bridgehead atoms. The maximum Gasteiger partial charge on any atom is 0.418 e. The van der Waals surface area contributed by atoms with Crippen LogP contribution in [0.4, 0.5) is 13.2 Å². The lowest BCUT2D eigenvalue weighted by Crippen LogP contribution is -2.13. The monoisotopic (exact) mass is 321 g/mol. The third kappa shape index (κ3) is 4.18. The molecule has 0 unspecified atom stereocenters. The van der Waals surface area contributed by atoms with E-state index in [-0.39, 0.29) is 6.61 Å². The van der Waals surface area contributed by atoms with Crippen LogP contribution in [-0.4, -0.2) is 22.8 Å². The number of aromatic nitrogens is 1. The highest BCUT2D eigenvalue weighted by atomic mass is 32.2. The number of halogens is 3. The second-order valence-electron chi connectivity index (χ2n) is 5.02. The van der Waals surface area contributed by atoms with Crippen molar-refractivity contribution in [1.82, 2.24) is 4.98 Å². The molecule has 1 fully saturated rings. The molecular formula is C14H18F3NO2S. The lowest BCUT2D eigenvalue weighted by Gasteiger charge is -2.20. The molecule has 2 rings (SSSR count). The normalized spacial score (nSPS) is 17.0. The first kappa shape index (κ1) is 16.3. The number of alkyl halides is 3. The predicted octanol–water partition coefficient (Wildman–Crippen LogP) is 4.64. The van der Waals surface area contributed by atoms with Crippen LogP contribution >= 0.6 is 11.8 Å². The fourth-order valence-corrected chi connectivity index (χ4v) is 3.72. The Kier molecular flexibility index (Phi) is 5.24. The summed E-state index contributed by atoms with van der Waals surface area (Å²) in [6, 6.07) is 1.02. The van der Waals surface area contributed by atoms with Crippen LogP contribution in [0.1, 0.15) is 55.1 Å². The molecule has 1 saturated carbocycles. The van der Waals surface area contributed by atoms with Gasteiger partial charge >= 0.3 is 12.1 Å². The number of hydrogen-bond donors (Lipinski definition) is 1. The van der Waals surface area contributed by atoms with E-state index in [0.29, 0.717) is 10.3 Å². The number of ether oxygens (including phenoxy) is 1. The molecule has 1 aliphatic rings. The SMILES string of the molecule is CCOC(=O)c1[nH]c(SC2CCCCC2)cc1C(F)(F)F. The zero-order valence-corrected chi connectivity index (χ0v) is 12.6. The van der Waals surface area contributed by atoms with Crippen LogP contribution in [0.25, 0.3) is 0 Å². The van der Waals surface area contributed by atoms with Crippen molar-refractivity contribution in [3.8, 4) is 0 Å². The number of rotatable bonds is 4. The Hall–Kier alpha value is -1.11. The predicted molar refractivity (Wildman–Crippen MR) is 74.5 cm³/mol. The number of carbonyl (C=O) groups is 1. The summed E-state index contributed by atoms with van der Waals surface area (Å²) in [5, 5.41) is 0.700. The second kappa shape index (κ2) is 6.77. The average Bonchev–Trinajstić information content (AvgIpc) is 2.84. The minimum absolute atomic E-state index is 0.0419. The summed E-state index contributed by atoms with van der Waals surface area (Å²) in [5.41, 5.74) is -1.44. The summed E-state index contributed by atoms with van der Waals surface area (Å²) < 4.78 is 43.7. The van der Waals surface area contributed by atoms with Gasteiger partial charge in [0.25, 0.3) is 0 Å². The van der Waals surface area contributed by atoms with Crippen LogP contribution < -0.4 is 0 Å². The molecule has 0 aromatic carbocycles. The van der Waals surface area contributed by atoms with Gasteiger partial charge in [-0.05, 0) is 25.8 Å². The molecule has 1 aromatic rings. The van der Waals surface area contributed by atoms with E-state index in [1.54, 1.807) is 6.92 Å². The van der Waals surface area contributed by atoms with E-state index in [1.807, 2.05) is 0 Å². The lowest BCUT2D eigenvalue weighted by atomic mass is 10.0. The van der Waals surface area contributed by atoms with E-state index in [2.05, 4.69) is 9.72 Å². The van der Waals surface area contributed by atoms with Crippen molar-refractivity contribution in [3.05, 3.63) is 17.3 Å². The Balaban J connectivity index is 2.20. The van der Waals surface area contributed by atoms with Gasteiger partial charge < -0.3 is 9.72 Å². The number of hydrogen-bond acceptors (Lipinski definition) is 3. The number of thioether (sulfide) groups is 1. The van der Waals surface area contributed by atoms with Gasteiger partial charge in [-0.2, -0.15) is 13.2 Å². The molecule has 3 nitrogen and oxygen atoms in total. The Morgan fingerprint density at radius 2 is 2.05 bits per heavy atom. The number of H-pyrrole nitrogens is 1. The molecular weight excluding hydrogens is 303 g/mol. The maximum atomic E-state index is 13.0. The van der Waals surface area contributed by atoms with E-state index >= 15 is 0 Å². The first-order valence-corrected chi connectivity index (χ1v) is 7.93. The van der Waals surface area contributed by atoms with Crippen molar-refractivity contribution >= 4 is 17.7 Å². The molecule has 0 aliphatic heterocycles. The van der Waals surface area contributed by atoms with Gasteiger partial charge in [-0.1, -0.05) is 19.3 Å². The fourth-order valence-electron chi connectivity index (χ4n) is 2.44. The van der Waals surface area contributed by atoms with Gasteiger partial charge in [0.1, 0.15) is 5.69 Å². The van der Waals surface area contributed by atoms with Gasteiger partial charge in [0.15, 0.2) is 0 Å². The minimum Gasteiger partial charge on any atom is -0.461 e. The molecule has 0 atom stereocenters. The highest BCUT2D eigenvalue weighted by molar-refractivity contribution is 7.99. The Morgan fingerprint density at radius 1 is 1.38 bits per heavy atom. The highest BCUT2D eigenvalue weighted by Gasteiger charge is 2.38. The second-order valence-corrected chi connectivity index (χ2v) is 6.36. The van der Waals surface area contributed by atoms with Gasteiger partial charge in [-0.15, -0.1) is 11.8 Å². The van der Waals surface area contributed by atoms with Crippen molar-refractivity contribution in [2.75, 3.05) is 6.61 Å². The van der Waals surface area contributed by atoms with Crippen molar-refractivity contribution in [3.63, 3.8) is 0 Å². The van der Waals surface area contributed by atoms with Crippen molar-refractivity contribution in [2.45, 2.75) is 55.5 Å². The van der Waals surface area contributed by atoms with Gasteiger partial charge in [-0.25, -0.2) is 4.79 Å². The third-order valence-corrected chi connectivity index (χ3v) is 4.70. The van der Waals surface area contributed by atoms with Crippen LogP contribution in [0.15, 0.2) is 11.1 Å². The Bertz CT molecular complexity index is 493. The lowest BCUT2D eigenvalue weighted by molar-refractivity contribution is -0.138. The molecule has 21 heavy (non-hydrogen) atoms. The molecule has 7 heteroatoms. The van der Waals surface area contributed by atoms with E-state index in [1.165, 1.54) is 18.2 Å². The quantitative estimate of drug-likeness (QED) is 0.822. The molecule has 0 saturated heterocycles. The first-order chi connectivity index (χ1) is 9.91. The largest absolute Gasteiger partial charge is 0.461 e. The van der Waals surface area contributed by atoms with Crippen LogP contribution in [0.2, 0.25) is 0 Å². The average molecular weight is 321 g/mol. The van der Waals surface area contributed by atoms with Crippen molar-refractivity contribution in [1.29, 1.82) is 0 Å². The minimum atomic E-state index is -4.57. The first-order valence-electron chi connectivity index (χ1n) is 7.05. The Labute approximate surface area is 125 Å². The molecule has 0 radical (unpaired) electrons. The Morgan fingerprint density at radius 3 is 2.62 bits per heavy atom.